The Morgan fingerprint density at radius 1 is 0.700 bits per heavy atom. The molecule has 1 unspecified atom stereocenters. The predicted octanol–water partition coefficient (Wildman–Crippen LogP) is 9.52. The molecule has 4 nitrogen and oxygen atoms in total. The molecule has 0 saturated carbocycles. The van der Waals surface area contributed by atoms with Gasteiger partial charge in [0.2, 0.25) is 0 Å². The Kier molecular flexibility index (Phi) is 4.15. The quantitative estimate of drug-likeness (QED) is 0.223. The first kappa shape index (κ1) is 21.4. The van der Waals surface area contributed by atoms with Gasteiger partial charge in [0.15, 0.2) is 5.76 Å². The molecule has 0 bridgehead atoms. The lowest BCUT2D eigenvalue weighted by Gasteiger charge is -2.32. The minimum atomic E-state index is 0.0149. The largest absolute Gasteiger partial charge is 0.454 e. The number of nitriles is 1. The highest BCUT2D eigenvalue weighted by Gasteiger charge is 2.40. The number of nitrogens with zero attached hydrogens (tertiary/aromatic N) is 2. The molecule has 6 aromatic carbocycles. The highest BCUT2D eigenvalue weighted by atomic mass is 16.3. The van der Waals surface area contributed by atoms with Crippen LogP contribution in [0.25, 0.3) is 55.0 Å². The summed E-state index contributed by atoms with van der Waals surface area (Å²) in [5.41, 5.74) is 9.62. The van der Waals surface area contributed by atoms with Gasteiger partial charge in [-0.25, -0.2) is 0 Å². The Morgan fingerprint density at radius 3 is 2.35 bits per heavy atom. The summed E-state index contributed by atoms with van der Waals surface area (Å²) in [5, 5.41) is 18.7. The molecule has 2 aliphatic rings. The van der Waals surface area contributed by atoms with Gasteiger partial charge in [0.05, 0.1) is 28.7 Å². The van der Waals surface area contributed by atoms with E-state index >= 15 is 0 Å². The zero-order valence-corrected chi connectivity index (χ0v) is 21.3. The van der Waals surface area contributed by atoms with Crippen LogP contribution in [0, 0.1) is 11.3 Å². The van der Waals surface area contributed by atoms with Gasteiger partial charge in [0, 0.05) is 16.5 Å². The Morgan fingerprint density at radius 2 is 1.45 bits per heavy atom. The maximum Gasteiger partial charge on any atom is 0.159 e. The average Bonchev–Trinajstić information content (AvgIpc) is 3.59. The van der Waals surface area contributed by atoms with Crippen LogP contribution in [0.3, 0.4) is 0 Å². The molecule has 7 aromatic rings. The number of hydrogen-bond acceptors (Lipinski definition) is 4. The van der Waals surface area contributed by atoms with Crippen LogP contribution in [0.1, 0.15) is 17.3 Å². The Balaban J connectivity index is 1.24. The van der Waals surface area contributed by atoms with E-state index in [0.717, 1.165) is 61.3 Å². The normalized spacial score (nSPS) is 14.9. The summed E-state index contributed by atoms with van der Waals surface area (Å²) in [7, 11) is 0. The number of benzene rings is 6. The number of anilines is 3. The maximum atomic E-state index is 9.29. The molecule has 2 aliphatic heterocycles. The van der Waals surface area contributed by atoms with E-state index < -0.39 is 0 Å². The molecule has 3 heterocycles. The smallest absolute Gasteiger partial charge is 0.159 e. The second-order valence-corrected chi connectivity index (χ2v) is 10.6. The van der Waals surface area contributed by atoms with Crippen molar-refractivity contribution in [3.8, 4) is 28.5 Å². The zero-order valence-electron chi connectivity index (χ0n) is 21.3. The molecule has 4 heteroatoms. The van der Waals surface area contributed by atoms with Gasteiger partial charge in [-0.2, -0.15) is 5.26 Å². The molecule has 0 spiro atoms. The van der Waals surface area contributed by atoms with Crippen LogP contribution in [-0.2, 0) is 0 Å². The summed E-state index contributed by atoms with van der Waals surface area (Å²) in [6, 6.07) is 42.6. The van der Waals surface area contributed by atoms with E-state index in [-0.39, 0.29) is 6.17 Å². The predicted molar refractivity (Wildman–Crippen MR) is 162 cm³/mol. The molecule has 1 N–H and O–H groups in total. The van der Waals surface area contributed by atoms with Crippen molar-refractivity contribution in [1.29, 1.82) is 5.26 Å². The lowest BCUT2D eigenvalue weighted by Crippen LogP contribution is -2.27. The van der Waals surface area contributed by atoms with Crippen LogP contribution < -0.4 is 10.2 Å². The van der Waals surface area contributed by atoms with Crippen molar-refractivity contribution in [3.05, 3.63) is 126 Å². The summed E-state index contributed by atoms with van der Waals surface area (Å²) in [6.45, 7) is 0. The molecule has 1 atom stereocenters. The second kappa shape index (κ2) is 7.75. The van der Waals surface area contributed by atoms with Gasteiger partial charge < -0.3 is 14.6 Å². The van der Waals surface area contributed by atoms with Crippen LogP contribution in [0.5, 0.6) is 0 Å². The van der Waals surface area contributed by atoms with Gasteiger partial charge in [-0.1, -0.05) is 72.8 Å². The Bertz CT molecular complexity index is 2240. The standard InChI is InChI=1S/C36H21N3O/c37-20-21-9-14-26-24(17-21)10-11-25-18-22(12-15-27(25)26)23-13-16-33-30(19-23)34-35(40-33)28-5-1-2-6-29(28)36-38-31-7-3-4-8-32(31)39(34)36/h1-19,36,38H. The topological polar surface area (TPSA) is 52.2 Å². The third kappa shape index (κ3) is 2.84. The van der Waals surface area contributed by atoms with E-state index in [1.54, 1.807) is 0 Å². The number of hydrogen-bond donors (Lipinski definition) is 1. The van der Waals surface area contributed by atoms with Crippen LogP contribution in [-0.4, -0.2) is 0 Å². The van der Waals surface area contributed by atoms with Gasteiger partial charge in [0.1, 0.15) is 11.7 Å². The summed E-state index contributed by atoms with van der Waals surface area (Å²) < 4.78 is 6.58. The summed E-state index contributed by atoms with van der Waals surface area (Å²) in [5.74, 6) is 0.916. The first-order valence-electron chi connectivity index (χ1n) is 13.4. The molecule has 0 radical (unpaired) electrons. The number of furan rings is 1. The number of para-hydroxylation sites is 2. The summed E-state index contributed by atoms with van der Waals surface area (Å²) >= 11 is 0. The van der Waals surface area contributed by atoms with E-state index in [4.69, 9.17) is 4.42 Å². The van der Waals surface area contributed by atoms with E-state index in [0.29, 0.717) is 5.56 Å². The lowest BCUT2D eigenvalue weighted by molar-refractivity contribution is 0.622. The highest BCUT2D eigenvalue weighted by Crippen LogP contribution is 2.57. The van der Waals surface area contributed by atoms with E-state index in [9.17, 15) is 5.26 Å². The van der Waals surface area contributed by atoms with Gasteiger partial charge in [-0.05, 0) is 75.1 Å². The van der Waals surface area contributed by atoms with Crippen molar-refractivity contribution in [2.45, 2.75) is 6.17 Å². The first-order valence-corrected chi connectivity index (χ1v) is 13.4. The minimum Gasteiger partial charge on any atom is -0.454 e. The molecule has 0 saturated heterocycles. The van der Waals surface area contributed by atoms with Crippen molar-refractivity contribution in [1.82, 2.24) is 0 Å². The molecular formula is C36H21N3O. The SMILES string of the molecule is N#Cc1ccc2c(ccc3cc(-c4ccc5oc6c(c5c4)N4c5ccccc5NC4c4ccccc4-6)ccc32)c1. The number of rotatable bonds is 1. The van der Waals surface area contributed by atoms with Crippen molar-refractivity contribution in [2.24, 2.45) is 0 Å². The zero-order chi connectivity index (χ0) is 26.4. The molecule has 40 heavy (non-hydrogen) atoms. The van der Waals surface area contributed by atoms with Gasteiger partial charge in [-0.15, -0.1) is 0 Å². The first-order chi connectivity index (χ1) is 19.8. The van der Waals surface area contributed by atoms with Gasteiger partial charge >= 0.3 is 0 Å². The van der Waals surface area contributed by atoms with Crippen molar-refractivity contribution >= 4 is 49.6 Å². The van der Waals surface area contributed by atoms with Crippen molar-refractivity contribution in [2.75, 3.05) is 10.2 Å². The Labute approximate surface area is 230 Å². The molecular weight excluding hydrogens is 490 g/mol. The Hall–Kier alpha value is -5.53. The maximum absolute atomic E-state index is 9.29. The lowest BCUT2D eigenvalue weighted by atomic mass is 9.94. The average molecular weight is 512 g/mol. The molecule has 0 fully saturated rings. The molecule has 186 valence electrons. The highest BCUT2D eigenvalue weighted by molar-refractivity contribution is 6.10. The molecule has 0 aliphatic carbocycles. The molecule has 1 aromatic heterocycles. The fourth-order valence-electron chi connectivity index (χ4n) is 6.57. The fraction of sp³-hybridized carbons (Fsp3) is 0.0278. The molecule has 9 rings (SSSR count). The fourth-order valence-corrected chi connectivity index (χ4v) is 6.57. The second-order valence-electron chi connectivity index (χ2n) is 10.6. The van der Waals surface area contributed by atoms with Crippen LogP contribution in [0.2, 0.25) is 0 Å². The molecule has 0 amide bonds. The summed E-state index contributed by atoms with van der Waals surface area (Å²) in [4.78, 5) is 2.39. The van der Waals surface area contributed by atoms with E-state index in [1.807, 2.05) is 12.1 Å². The van der Waals surface area contributed by atoms with Crippen LogP contribution in [0.4, 0.5) is 17.1 Å². The van der Waals surface area contributed by atoms with E-state index in [2.05, 4.69) is 119 Å². The van der Waals surface area contributed by atoms with Crippen LogP contribution >= 0.6 is 0 Å². The minimum absolute atomic E-state index is 0.0149. The third-order valence-corrected chi connectivity index (χ3v) is 8.41. The van der Waals surface area contributed by atoms with Crippen molar-refractivity contribution < 1.29 is 4.42 Å². The van der Waals surface area contributed by atoms with E-state index in [1.165, 1.54) is 16.3 Å². The summed E-state index contributed by atoms with van der Waals surface area (Å²) in [6.07, 6.45) is 0.0149. The van der Waals surface area contributed by atoms with Gasteiger partial charge in [0.25, 0.3) is 0 Å². The number of fused-ring (bicyclic) bond motifs is 13. The van der Waals surface area contributed by atoms with Gasteiger partial charge in [-0.3, -0.25) is 0 Å². The third-order valence-electron chi connectivity index (χ3n) is 8.41. The monoisotopic (exact) mass is 511 g/mol. The van der Waals surface area contributed by atoms with Crippen molar-refractivity contribution in [3.63, 3.8) is 0 Å². The number of nitrogens with one attached hydrogen (secondary N) is 1. The van der Waals surface area contributed by atoms with Crippen LogP contribution in [0.15, 0.2) is 120 Å².